The predicted molar refractivity (Wildman–Crippen MR) is 101 cm³/mol. The molecule has 6 nitrogen and oxygen atoms in total. The van der Waals surface area contributed by atoms with Crippen LogP contribution in [0.5, 0.6) is 5.75 Å². The van der Waals surface area contributed by atoms with Crippen molar-refractivity contribution < 1.29 is 9.53 Å². The summed E-state index contributed by atoms with van der Waals surface area (Å²) in [5.41, 5.74) is 2.80. The maximum atomic E-state index is 12.1. The van der Waals surface area contributed by atoms with Crippen LogP contribution >= 0.6 is 0 Å². The summed E-state index contributed by atoms with van der Waals surface area (Å²) in [6, 6.07) is 12.3. The Morgan fingerprint density at radius 2 is 1.96 bits per heavy atom. The summed E-state index contributed by atoms with van der Waals surface area (Å²) in [5, 5.41) is 2.83. The number of carbonyl (C=O) groups excluding carboxylic acids is 1. The van der Waals surface area contributed by atoms with Crippen molar-refractivity contribution in [3.8, 4) is 5.75 Å². The van der Waals surface area contributed by atoms with Crippen LogP contribution in [0.4, 0.5) is 5.69 Å². The van der Waals surface area contributed by atoms with Gasteiger partial charge in [-0.3, -0.25) is 14.0 Å². The van der Waals surface area contributed by atoms with Gasteiger partial charge in [0.1, 0.15) is 18.0 Å². The molecule has 1 aromatic carbocycles. The number of hydrogen-bond donors (Lipinski definition) is 1. The lowest BCUT2D eigenvalue weighted by molar-refractivity contribution is -0.116. The number of amides is 1. The minimum Gasteiger partial charge on any atom is -0.487 e. The summed E-state index contributed by atoms with van der Waals surface area (Å²) in [7, 11) is 0. The van der Waals surface area contributed by atoms with Crippen LogP contribution in [0.2, 0.25) is 0 Å². The molecule has 0 unspecified atom stereocenters. The van der Waals surface area contributed by atoms with E-state index in [1.165, 1.54) is 10.5 Å². The number of ether oxygens (including phenoxy) is 1. The van der Waals surface area contributed by atoms with Crippen molar-refractivity contribution in [2.45, 2.75) is 33.3 Å². The Morgan fingerprint density at radius 3 is 2.69 bits per heavy atom. The van der Waals surface area contributed by atoms with Crippen LogP contribution in [0.25, 0.3) is 5.65 Å². The molecule has 0 saturated heterocycles. The third-order valence-electron chi connectivity index (χ3n) is 3.88. The van der Waals surface area contributed by atoms with Crippen molar-refractivity contribution >= 4 is 17.2 Å². The lowest BCUT2D eigenvalue weighted by Gasteiger charge is -2.09. The molecule has 6 heteroatoms. The Labute approximate surface area is 151 Å². The van der Waals surface area contributed by atoms with Crippen molar-refractivity contribution in [1.29, 1.82) is 0 Å². The summed E-state index contributed by atoms with van der Waals surface area (Å²) in [6.45, 7) is 4.11. The molecule has 3 rings (SSSR count). The fraction of sp³-hybridized carbons (Fsp3) is 0.250. The number of pyridine rings is 1. The second-order valence-electron chi connectivity index (χ2n) is 6.13. The van der Waals surface area contributed by atoms with Gasteiger partial charge in [0, 0.05) is 24.4 Å². The van der Waals surface area contributed by atoms with Gasteiger partial charge >= 0.3 is 0 Å². The molecule has 0 bridgehead atoms. The summed E-state index contributed by atoms with van der Waals surface area (Å²) in [6.07, 6.45) is 3.03. The van der Waals surface area contributed by atoms with Crippen LogP contribution in [0, 0.1) is 6.92 Å². The van der Waals surface area contributed by atoms with Gasteiger partial charge in [-0.1, -0.05) is 6.92 Å². The third-order valence-corrected chi connectivity index (χ3v) is 3.88. The largest absolute Gasteiger partial charge is 0.487 e. The van der Waals surface area contributed by atoms with Crippen LogP contribution in [0.15, 0.2) is 53.5 Å². The molecule has 0 atom stereocenters. The van der Waals surface area contributed by atoms with Gasteiger partial charge in [-0.2, -0.15) is 0 Å². The number of hydrogen-bond acceptors (Lipinski definition) is 4. The second-order valence-corrected chi connectivity index (χ2v) is 6.13. The minimum atomic E-state index is -0.136. The first-order valence-electron chi connectivity index (χ1n) is 8.57. The van der Waals surface area contributed by atoms with Crippen LogP contribution < -0.4 is 15.6 Å². The van der Waals surface area contributed by atoms with Gasteiger partial charge in [-0.05, 0) is 55.3 Å². The minimum absolute atomic E-state index is 0.00250. The van der Waals surface area contributed by atoms with Crippen LogP contribution in [-0.2, 0) is 11.4 Å². The normalized spacial score (nSPS) is 10.7. The molecule has 0 aliphatic rings. The lowest BCUT2D eigenvalue weighted by atomic mass is 10.2. The first-order valence-corrected chi connectivity index (χ1v) is 8.57. The molecule has 0 saturated carbocycles. The number of aryl methyl sites for hydroxylation is 1. The first kappa shape index (κ1) is 17.7. The molecular formula is C20H21N3O3. The van der Waals surface area contributed by atoms with E-state index in [1.54, 1.807) is 30.5 Å². The molecule has 2 aromatic heterocycles. The van der Waals surface area contributed by atoms with E-state index in [1.807, 2.05) is 26.0 Å². The lowest BCUT2D eigenvalue weighted by Crippen LogP contribution is -2.16. The van der Waals surface area contributed by atoms with E-state index in [4.69, 9.17) is 4.74 Å². The average molecular weight is 351 g/mol. The van der Waals surface area contributed by atoms with E-state index >= 15 is 0 Å². The molecule has 0 radical (unpaired) electrons. The number of rotatable bonds is 6. The van der Waals surface area contributed by atoms with Gasteiger partial charge in [-0.15, -0.1) is 0 Å². The summed E-state index contributed by atoms with van der Waals surface area (Å²) < 4.78 is 7.21. The van der Waals surface area contributed by atoms with Gasteiger partial charge in [0.15, 0.2) is 0 Å². The van der Waals surface area contributed by atoms with Crippen LogP contribution in [-0.4, -0.2) is 15.3 Å². The van der Waals surface area contributed by atoms with Gasteiger partial charge in [0.05, 0.1) is 5.69 Å². The Hall–Kier alpha value is -3.15. The van der Waals surface area contributed by atoms with Crippen LogP contribution in [0.3, 0.4) is 0 Å². The Morgan fingerprint density at radius 1 is 1.19 bits per heavy atom. The smallest absolute Gasteiger partial charge is 0.258 e. The molecule has 1 amide bonds. The molecule has 26 heavy (non-hydrogen) atoms. The summed E-state index contributed by atoms with van der Waals surface area (Å²) in [4.78, 5) is 28.2. The fourth-order valence-electron chi connectivity index (χ4n) is 2.57. The monoisotopic (exact) mass is 351 g/mol. The van der Waals surface area contributed by atoms with Crippen molar-refractivity contribution in [2.24, 2.45) is 0 Å². The average Bonchev–Trinajstić information content (AvgIpc) is 2.61. The van der Waals surface area contributed by atoms with E-state index in [-0.39, 0.29) is 18.1 Å². The maximum Gasteiger partial charge on any atom is 0.258 e. The SMILES string of the molecule is CCCC(=O)Nc1ccc(OCc2cc(=O)n3ccc(C)cc3n2)cc1. The predicted octanol–water partition coefficient (Wildman–Crippen LogP) is 3.32. The van der Waals surface area contributed by atoms with Crippen molar-refractivity contribution in [3.63, 3.8) is 0 Å². The number of anilines is 1. The number of nitrogens with one attached hydrogen (secondary N) is 1. The highest BCUT2D eigenvalue weighted by molar-refractivity contribution is 5.90. The van der Waals surface area contributed by atoms with Crippen molar-refractivity contribution in [1.82, 2.24) is 9.38 Å². The fourth-order valence-corrected chi connectivity index (χ4v) is 2.57. The maximum absolute atomic E-state index is 12.1. The highest BCUT2D eigenvalue weighted by Crippen LogP contribution is 2.17. The number of fused-ring (bicyclic) bond motifs is 1. The Balaban J connectivity index is 1.68. The second kappa shape index (κ2) is 7.82. The molecule has 134 valence electrons. The highest BCUT2D eigenvalue weighted by Gasteiger charge is 2.05. The first-order chi connectivity index (χ1) is 12.5. The van der Waals surface area contributed by atoms with Gasteiger partial charge in [-0.25, -0.2) is 4.98 Å². The summed E-state index contributed by atoms with van der Waals surface area (Å²) >= 11 is 0. The third kappa shape index (κ3) is 4.27. The number of benzene rings is 1. The van der Waals surface area contributed by atoms with E-state index in [2.05, 4.69) is 10.3 Å². The quantitative estimate of drug-likeness (QED) is 0.739. The highest BCUT2D eigenvalue weighted by atomic mass is 16.5. The molecule has 3 aromatic rings. The van der Waals surface area contributed by atoms with Gasteiger partial charge in [0.2, 0.25) is 5.91 Å². The summed E-state index contributed by atoms with van der Waals surface area (Å²) in [5.74, 6) is 0.641. The molecular weight excluding hydrogens is 330 g/mol. The van der Waals surface area contributed by atoms with Gasteiger partial charge < -0.3 is 10.1 Å². The van der Waals surface area contributed by atoms with Crippen molar-refractivity contribution in [2.75, 3.05) is 5.32 Å². The van der Waals surface area contributed by atoms with Gasteiger partial charge in [0.25, 0.3) is 5.56 Å². The zero-order valence-corrected chi connectivity index (χ0v) is 14.9. The Bertz CT molecular complexity index is 978. The van der Waals surface area contributed by atoms with E-state index in [9.17, 15) is 9.59 Å². The zero-order chi connectivity index (χ0) is 18.5. The number of carbonyl (C=O) groups is 1. The molecule has 0 aliphatic carbocycles. The Kier molecular flexibility index (Phi) is 5.31. The molecule has 0 fully saturated rings. The van der Waals surface area contributed by atoms with E-state index in [0.717, 1.165) is 17.7 Å². The molecule has 1 N–H and O–H groups in total. The van der Waals surface area contributed by atoms with E-state index < -0.39 is 0 Å². The number of nitrogens with zero attached hydrogens (tertiary/aromatic N) is 2. The topological polar surface area (TPSA) is 72.7 Å². The van der Waals surface area contributed by atoms with Crippen LogP contribution in [0.1, 0.15) is 31.0 Å². The molecule has 0 spiro atoms. The molecule has 0 aliphatic heterocycles. The van der Waals surface area contributed by atoms with Crippen molar-refractivity contribution in [3.05, 3.63) is 70.3 Å². The number of aromatic nitrogens is 2. The molecule has 2 heterocycles. The van der Waals surface area contributed by atoms with E-state index in [0.29, 0.717) is 23.5 Å². The standard InChI is InChI=1S/C20H21N3O3/c1-3-4-19(24)22-15-5-7-17(8-6-15)26-13-16-12-20(25)23-10-9-14(2)11-18(23)21-16/h5-12H,3-4,13H2,1-2H3,(H,22,24). The zero-order valence-electron chi connectivity index (χ0n) is 14.9.